The summed E-state index contributed by atoms with van der Waals surface area (Å²) >= 11 is 6.31. The van der Waals surface area contributed by atoms with Gasteiger partial charge < -0.3 is 9.63 Å². The van der Waals surface area contributed by atoms with Gasteiger partial charge in [0, 0.05) is 18.1 Å². The van der Waals surface area contributed by atoms with Gasteiger partial charge in [-0.3, -0.25) is 4.68 Å². The fraction of sp³-hybridized carbons (Fsp3) is 0.273. The number of hydrogen-bond donors (Lipinski definition) is 1. The lowest BCUT2D eigenvalue weighted by molar-refractivity contribution is -0.0548. The second-order valence-electron chi connectivity index (χ2n) is 8.05. The predicted octanol–water partition coefficient (Wildman–Crippen LogP) is 4.85. The second kappa shape index (κ2) is 7.25. The molecular weight excluding hydrogens is 421 g/mol. The van der Waals surface area contributed by atoms with E-state index in [1.807, 2.05) is 18.5 Å². The van der Waals surface area contributed by atoms with Crippen LogP contribution in [0, 0.1) is 12.7 Å². The molecule has 1 aliphatic carbocycles. The van der Waals surface area contributed by atoms with Crippen molar-refractivity contribution in [1.82, 2.24) is 24.9 Å². The van der Waals surface area contributed by atoms with Crippen molar-refractivity contribution in [2.24, 2.45) is 0 Å². The minimum atomic E-state index is -0.673. The van der Waals surface area contributed by atoms with Gasteiger partial charge in [0.25, 0.3) is 0 Å². The first-order valence-corrected chi connectivity index (χ1v) is 10.2. The van der Waals surface area contributed by atoms with Crippen molar-refractivity contribution in [3.63, 3.8) is 0 Å². The molecule has 1 aliphatic rings. The Morgan fingerprint density at radius 1 is 1.19 bits per heavy atom. The molecule has 9 heteroatoms. The molecule has 5 rings (SSSR count). The topological polar surface area (TPSA) is 89.9 Å². The van der Waals surface area contributed by atoms with E-state index in [2.05, 4.69) is 20.2 Å². The van der Waals surface area contributed by atoms with Crippen LogP contribution in [0.25, 0.3) is 34.0 Å². The van der Waals surface area contributed by atoms with Crippen LogP contribution in [0.5, 0.6) is 0 Å². The summed E-state index contributed by atoms with van der Waals surface area (Å²) < 4.78 is 22.3. The van der Waals surface area contributed by atoms with Gasteiger partial charge in [-0.05, 0) is 44.9 Å². The zero-order chi connectivity index (χ0) is 21.8. The highest BCUT2D eigenvalue weighted by Crippen LogP contribution is 2.45. The molecule has 4 aromatic rings. The number of nitrogens with zero attached hydrogens (tertiary/aromatic N) is 5. The number of aliphatic hydroxyl groups is 1. The van der Waals surface area contributed by atoms with Crippen LogP contribution in [0.15, 0.2) is 47.4 Å². The highest BCUT2D eigenvalue weighted by Gasteiger charge is 2.41. The molecule has 7 nitrogen and oxygen atoms in total. The first-order valence-electron chi connectivity index (χ1n) is 9.84. The van der Waals surface area contributed by atoms with Gasteiger partial charge in [-0.15, -0.1) is 0 Å². The van der Waals surface area contributed by atoms with E-state index in [1.54, 1.807) is 30.7 Å². The Morgan fingerprint density at radius 2 is 1.94 bits per heavy atom. The molecule has 158 valence electrons. The van der Waals surface area contributed by atoms with Gasteiger partial charge in [-0.25, -0.2) is 14.4 Å². The van der Waals surface area contributed by atoms with Gasteiger partial charge >= 0.3 is 0 Å². The minimum Gasteiger partial charge on any atom is -0.390 e. The van der Waals surface area contributed by atoms with Crippen molar-refractivity contribution in [1.29, 1.82) is 0 Å². The molecule has 0 saturated heterocycles. The Morgan fingerprint density at radius 3 is 2.61 bits per heavy atom. The predicted molar refractivity (Wildman–Crippen MR) is 113 cm³/mol. The maximum absolute atomic E-state index is 14.7. The average molecular weight is 440 g/mol. The largest absolute Gasteiger partial charge is 0.390 e. The monoisotopic (exact) mass is 439 g/mol. The van der Waals surface area contributed by atoms with E-state index >= 15 is 0 Å². The quantitative estimate of drug-likeness (QED) is 0.489. The summed E-state index contributed by atoms with van der Waals surface area (Å²) in [6.45, 7) is 3.73. The summed E-state index contributed by atoms with van der Waals surface area (Å²) in [6, 6.07) is 6.23. The number of halogens is 2. The maximum atomic E-state index is 14.7. The van der Waals surface area contributed by atoms with Gasteiger partial charge in [-0.1, -0.05) is 22.8 Å². The lowest BCUT2D eigenvalue weighted by Gasteiger charge is -2.41. The van der Waals surface area contributed by atoms with Gasteiger partial charge in [-0.2, -0.15) is 5.10 Å². The third-order valence-electron chi connectivity index (χ3n) is 5.67. The van der Waals surface area contributed by atoms with Crippen LogP contribution < -0.4 is 0 Å². The van der Waals surface area contributed by atoms with E-state index in [-0.39, 0.29) is 22.3 Å². The van der Waals surface area contributed by atoms with Crippen LogP contribution in [-0.4, -0.2) is 35.6 Å². The van der Waals surface area contributed by atoms with Crippen LogP contribution in [-0.2, 0) is 0 Å². The first kappa shape index (κ1) is 19.8. The lowest BCUT2D eigenvalue weighted by atomic mass is 9.77. The summed E-state index contributed by atoms with van der Waals surface area (Å²) in [4.78, 5) is 8.67. The minimum absolute atomic E-state index is 0.101. The number of benzene rings is 1. The van der Waals surface area contributed by atoms with Crippen LogP contribution >= 0.6 is 11.6 Å². The van der Waals surface area contributed by atoms with Gasteiger partial charge in [0.2, 0.25) is 0 Å². The van der Waals surface area contributed by atoms with E-state index < -0.39 is 11.4 Å². The van der Waals surface area contributed by atoms with Crippen molar-refractivity contribution < 1.29 is 14.0 Å². The Bertz CT molecular complexity index is 1240. The Hall–Kier alpha value is -3.10. The van der Waals surface area contributed by atoms with Crippen LogP contribution in [0.4, 0.5) is 4.39 Å². The molecule has 0 unspecified atom stereocenters. The zero-order valence-corrected chi connectivity index (χ0v) is 17.6. The Labute approximate surface area is 182 Å². The molecule has 3 heterocycles. The van der Waals surface area contributed by atoms with Gasteiger partial charge in [0.1, 0.15) is 11.5 Å². The zero-order valence-electron chi connectivity index (χ0n) is 16.9. The molecule has 1 N–H and O–H groups in total. The number of rotatable bonds is 4. The third-order valence-corrected chi connectivity index (χ3v) is 5.98. The molecule has 1 saturated carbocycles. The van der Waals surface area contributed by atoms with Gasteiger partial charge in [0.15, 0.2) is 11.6 Å². The normalized spacial score (nSPS) is 20.6. The van der Waals surface area contributed by atoms with Crippen molar-refractivity contribution in [3.8, 4) is 34.0 Å². The number of aromatic nitrogens is 5. The van der Waals surface area contributed by atoms with Crippen molar-refractivity contribution in [2.75, 3.05) is 0 Å². The second-order valence-corrected chi connectivity index (χ2v) is 8.46. The number of hydrogen-bond acceptors (Lipinski definition) is 6. The molecular formula is C22H19ClFN5O2. The Balaban J connectivity index is 1.68. The summed E-state index contributed by atoms with van der Waals surface area (Å²) in [5, 5.41) is 19.0. The summed E-state index contributed by atoms with van der Waals surface area (Å²) in [7, 11) is 0. The Kier molecular flexibility index (Phi) is 4.64. The first-order chi connectivity index (χ1) is 14.9. The van der Waals surface area contributed by atoms with E-state index in [9.17, 15) is 9.50 Å². The van der Waals surface area contributed by atoms with E-state index in [1.165, 1.54) is 12.1 Å². The summed E-state index contributed by atoms with van der Waals surface area (Å²) in [5.74, 6) is 0.204. The molecule has 0 radical (unpaired) electrons. The smallest absolute Gasteiger partial charge is 0.181 e. The third kappa shape index (κ3) is 3.32. The standard InChI is InChI=1S/C22H19ClFN5O2/c1-12-14(11-27-29(12)13-9-22(2,30)10-13)20-18(21-25-7-4-8-26-21)19(28-31-20)17-15(23)5-3-6-16(17)24/h3-8,11,13,30H,9-10H2,1-2H3. The maximum Gasteiger partial charge on any atom is 0.181 e. The van der Waals surface area contributed by atoms with E-state index in [0.717, 1.165) is 5.69 Å². The molecule has 3 aromatic heterocycles. The fourth-order valence-corrected chi connectivity index (χ4v) is 4.40. The summed E-state index contributed by atoms with van der Waals surface area (Å²) in [5.41, 5.74) is 1.66. The highest BCUT2D eigenvalue weighted by atomic mass is 35.5. The lowest BCUT2D eigenvalue weighted by Crippen LogP contribution is -2.42. The van der Waals surface area contributed by atoms with E-state index in [0.29, 0.717) is 35.6 Å². The molecule has 0 atom stereocenters. The van der Waals surface area contributed by atoms with Crippen LogP contribution in [0.1, 0.15) is 31.5 Å². The van der Waals surface area contributed by atoms with Crippen molar-refractivity contribution >= 4 is 11.6 Å². The highest BCUT2D eigenvalue weighted by molar-refractivity contribution is 6.33. The molecule has 0 amide bonds. The molecule has 0 aliphatic heterocycles. The fourth-order valence-electron chi connectivity index (χ4n) is 4.15. The van der Waals surface area contributed by atoms with E-state index in [4.69, 9.17) is 16.1 Å². The molecule has 0 bridgehead atoms. The molecule has 0 spiro atoms. The molecule has 1 aromatic carbocycles. The van der Waals surface area contributed by atoms with Crippen LogP contribution in [0.3, 0.4) is 0 Å². The average Bonchev–Trinajstić information content (AvgIpc) is 3.30. The SMILES string of the molecule is Cc1c(-c2onc(-c3c(F)cccc3Cl)c2-c2ncccn2)cnn1C1CC(C)(O)C1. The molecule has 1 fully saturated rings. The van der Waals surface area contributed by atoms with Crippen LogP contribution in [0.2, 0.25) is 5.02 Å². The molecule has 31 heavy (non-hydrogen) atoms. The van der Waals surface area contributed by atoms with Crippen molar-refractivity contribution in [2.45, 2.75) is 38.3 Å². The van der Waals surface area contributed by atoms with Gasteiger partial charge in [0.05, 0.1) is 39.6 Å². The summed E-state index contributed by atoms with van der Waals surface area (Å²) in [6.07, 6.45) is 6.12. The van der Waals surface area contributed by atoms with Crippen molar-refractivity contribution in [3.05, 3.63) is 59.4 Å².